The predicted octanol–water partition coefficient (Wildman–Crippen LogP) is 5.33. The van der Waals surface area contributed by atoms with Gasteiger partial charge in [-0.05, 0) is 47.0 Å². The van der Waals surface area contributed by atoms with Gasteiger partial charge in [-0.3, -0.25) is 0 Å². The van der Waals surface area contributed by atoms with Gasteiger partial charge in [0, 0.05) is 11.3 Å². The van der Waals surface area contributed by atoms with Crippen molar-refractivity contribution in [3.63, 3.8) is 0 Å². The summed E-state index contributed by atoms with van der Waals surface area (Å²) < 4.78 is 0. The van der Waals surface area contributed by atoms with E-state index in [-0.39, 0.29) is 0 Å². The van der Waals surface area contributed by atoms with Crippen molar-refractivity contribution in [3.8, 4) is 22.3 Å². The van der Waals surface area contributed by atoms with Crippen molar-refractivity contribution in [2.75, 3.05) is 5.73 Å². The van der Waals surface area contributed by atoms with Gasteiger partial charge in [0.2, 0.25) is 0 Å². The van der Waals surface area contributed by atoms with Crippen molar-refractivity contribution in [2.24, 2.45) is 10.2 Å². The molecule has 3 aromatic carbocycles. The Kier molecular flexibility index (Phi) is 2.57. The molecule has 4 bridgehead atoms. The third-order valence-electron chi connectivity index (χ3n) is 3.71. The van der Waals surface area contributed by atoms with Crippen molar-refractivity contribution in [2.45, 2.75) is 0 Å². The van der Waals surface area contributed by atoms with E-state index in [1.807, 2.05) is 48.5 Å². The number of nitrogens with zero attached hydrogens (tertiary/aromatic N) is 2. The van der Waals surface area contributed by atoms with Gasteiger partial charge in [-0.15, -0.1) is 0 Å². The van der Waals surface area contributed by atoms with Crippen LogP contribution in [0.25, 0.3) is 22.3 Å². The van der Waals surface area contributed by atoms with E-state index in [1.165, 1.54) is 0 Å². The summed E-state index contributed by atoms with van der Waals surface area (Å²) in [5.74, 6) is 0. The van der Waals surface area contributed by atoms with Gasteiger partial charge in [0.1, 0.15) is 0 Å². The normalized spacial score (nSPS) is 11.8. The predicted molar refractivity (Wildman–Crippen MR) is 85.9 cm³/mol. The Balaban J connectivity index is 2.10. The molecule has 3 heteroatoms. The molecule has 4 aliphatic heterocycles. The summed E-state index contributed by atoms with van der Waals surface area (Å²) in [7, 11) is 0. The monoisotopic (exact) mass is 271 g/mol. The van der Waals surface area contributed by atoms with E-state index in [9.17, 15) is 0 Å². The fourth-order valence-electron chi connectivity index (χ4n) is 2.65. The van der Waals surface area contributed by atoms with Gasteiger partial charge in [0.05, 0.1) is 11.4 Å². The van der Waals surface area contributed by atoms with Gasteiger partial charge in [0.25, 0.3) is 0 Å². The average molecular weight is 271 g/mol. The minimum Gasteiger partial charge on any atom is -0.398 e. The first-order valence-electron chi connectivity index (χ1n) is 6.82. The molecule has 3 nitrogen and oxygen atoms in total. The van der Waals surface area contributed by atoms with Gasteiger partial charge < -0.3 is 5.73 Å². The minimum absolute atomic E-state index is 0.781. The molecule has 3 aromatic rings. The van der Waals surface area contributed by atoms with E-state index >= 15 is 0 Å². The highest BCUT2D eigenvalue weighted by molar-refractivity contribution is 5.91. The summed E-state index contributed by atoms with van der Waals surface area (Å²) in [4.78, 5) is 0. The van der Waals surface area contributed by atoms with Crippen molar-refractivity contribution in [1.82, 2.24) is 0 Å². The second kappa shape index (κ2) is 4.56. The van der Waals surface area contributed by atoms with Crippen molar-refractivity contribution < 1.29 is 0 Å². The summed E-state index contributed by atoms with van der Waals surface area (Å²) in [5.41, 5.74) is 13.1. The van der Waals surface area contributed by atoms with Crippen molar-refractivity contribution in [3.05, 3.63) is 66.7 Å². The van der Waals surface area contributed by atoms with E-state index < -0.39 is 0 Å². The lowest BCUT2D eigenvalue weighted by Gasteiger charge is -2.14. The molecular weight excluding hydrogens is 258 g/mol. The molecule has 0 unspecified atom stereocenters. The van der Waals surface area contributed by atoms with Crippen LogP contribution < -0.4 is 5.73 Å². The molecule has 0 atom stereocenters. The third kappa shape index (κ3) is 1.99. The van der Waals surface area contributed by atoms with Crippen LogP contribution >= 0.6 is 0 Å². The number of anilines is 1. The lowest BCUT2D eigenvalue weighted by atomic mass is 9.93. The molecule has 4 aliphatic rings. The number of azo groups is 1. The highest BCUT2D eigenvalue weighted by Crippen LogP contribution is 2.38. The molecule has 2 N–H and O–H groups in total. The Morgan fingerprint density at radius 1 is 0.619 bits per heavy atom. The summed E-state index contributed by atoms with van der Waals surface area (Å²) in [6.07, 6.45) is 0. The summed E-state index contributed by atoms with van der Waals surface area (Å²) >= 11 is 0. The van der Waals surface area contributed by atoms with Crippen LogP contribution in [-0.2, 0) is 0 Å². The zero-order chi connectivity index (χ0) is 14.2. The standard InChI is InChI=1S/C18H13N3/c19-17-3-1-2-16-12-4-8-14(9-5-12)20-21-15-10-6-13(7-11-15)18(16)17/h1-11H,19H2. The molecule has 21 heavy (non-hydrogen) atoms. The van der Waals surface area contributed by atoms with Crippen LogP contribution in [0.1, 0.15) is 0 Å². The molecule has 7 rings (SSSR count). The van der Waals surface area contributed by atoms with E-state index in [0.717, 1.165) is 39.3 Å². The lowest BCUT2D eigenvalue weighted by Crippen LogP contribution is -1.93. The molecule has 0 aliphatic carbocycles. The molecule has 0 aromatic heterocycles. The van der Waals surface area contributed by atoms with Crippen LogP contribution in [0.3, 0.4) is 0 Å². The Labute approximate surface area is 122 Å². The number of nitrogen functional groups attached to an aromatic ring is 1. The van der Waals surface area contributed by atoms with E-state index in [1.54, 1.807) is 0 Å². The van der Waals surface area contributed by atoms with Crippen LogP contribution in [0.5, 0.6) is 0 Å². The molecule has 0 fully saturated rings. The highest BCUT2D eigenvalue weighted by atomic mass is 15.1. The topological polar surface area (TPSA) is 50.7 Å². The van der Waals surface area contributed by atoms with Crippen LogP contribution in [0.15, 0.2) is 77.0 Å². The maximum Gasteiger partial charge on any atom is 0.0857 e. The smallest absolute Gasteiger partial charge is 0.0857 e. The maximum atomic E-state index is 6.23. The van der Waals surface area contributed by atoms with Gasteiger partial charge in [-0.25, -0.2) is 0 Å². The number of benzene rings is 3. The quantitative estimate of drug-likeness (QED) is 0.432. The maximum absolute atomic E-state index is 6.23. The van der Waals surface area contributed by atoms with E-state index in [2.05, 4.69) is 28.4 Å². The second-order valence-electron chi connectivity index (χ2n) is 5.06. The summed E-state index contributed by atoms with van der Waals surface area (Å²) in [6.45, 7) is 0. The fraction of sp³-hybridized carbons (Fsp3) is 0. The zero-order valence-corrected chi connectivity index (χ0v) is 11.3. The number of hydrogen-bond donors (Lipinski definition) is 1. The number of rotatable bonds is 0. The first kappa shape index (κ1) is 11.9. The fourth-order valence-corrected chi connectivity index (χ4v) is 2.65. The molecule has 4 heterocycles. The van der Waals surface area contributed by atoms with E-state index in [0.29, 0.717) is 0 Å². The minimum atomic E-state index is 0.781. The Bertz CT molecular complexity index is 831. The van der Waals surface area contributed by atoms with Gasteiger partial charge in [0.15, 0.2) is 0 Å². The van der Waals surface area contributed by atoms with Gasteiger partial charge in [-0.1, -0.05) is 36.4 Å². The number of nitrogens with two attached hydrogens (primary N) is 1. The van der Waals surface area contributed by atoms with E-state index in [4.69, 9.17) is 5.73 Å². The summed E-state index contributed by atoms with van der Waals surface area (Å²) in [5, 5.41) is 8.49. The third-order valence-corrected chi connectivity index (χ3v) is 3.71. The molecular formula is C18H13N3. The first-order valence-corrected chi connectivity index (χ1v) is 6.82. The van der Waals surface area contributed by atoms with Crippen LogP contribution in [0.4, 0.5) is 17.1 Å². The molecule has 0 amide bonds. The first-order chi connectivity index (χ1) is 10.3. The molecule has 0 saturated heterocycles. The second-order valence-corrected chi connectivity index (χ2v) is 5.06. The van der Waals surface area contributed by atoms with Crippen molar-refractivity contribution in [1.29, 1.82) is 0 Å². The molecule has 0 radical (unpaired) electrons. The Hall–Kier alpha value is -2.94. The lowest BCUT2D eigenvalue weighted by molar-refractivity contribution is 1.23. The van der Waals surface area contributed by atoms with Gasteiger partial charge in [-0.2, -0.15) is 10.2 Å². The van der Waals surface area contributed by atoms with Crippen molar-refractivity contribution >= 4 is 17.1 Å². The molecule has 0 spiro atoms. The highest BCUT2D eigenvalue weighted by Gasteiger charge is 2.11. The van der Waals surface area contributed by atoms with Gasteiger partial charge >= 0.3 is 0 Å². The van der Waals surface area contributed by atoms with Crippen LogP contribution in [-0.4, -0.2) is 0 Å². The Morgan fingerprint density at radius 3 is 1.81 bits per heavy atom. The molecule has 100 valence electrons. The Morgan fingerprint density at radius 2 is 1.19 bits per heavy atom. The van der Waals surface area contributed by atoms with Crippen LogP contribution in [0, 0.1) is 0 Å². The zero-order valence-electron chi connectivity index (χ0n) is 11.3. The molecule has 0 saturated carbocycles. The average Bonchev–Trinajstić information content (AvgIpc) is 2.52. The largest absolute Gasteiger partial charge is 0.398 e. The number of hydrogen-bond acceptors (Lipinski definition) is 3. The SMILES string of the molecule is Nc1cccc2c1-c1ccc(cc1)N=Nc1ccc-2cc1. The summed E-state index contributed by atoms with van der Waals surface area (Å²) in [6, 6.07) is 22.1. The van der Waals surface area contributed by atoms with Crippen LogP contribution in [0.2, 0.25) is 0 Å².